The van der Waals surface area contributed by atoms with E-state index in [4.69, 9.17) is 10.1 Å². The molecular formula is C62H79IN10O8S2. The summed E-state index contributed by atoms with van der Waals surface area (Å²) in [4.78, 5) is 94.0. The van der Waals surface area contributed by atoms with E-state index >= 15 is 0 Å². The van der Waals surface area contributed by atoms with Crippen LogP contribution in [0.15, 0.2) is 60.8 Å². The molecule has 3 aliphatic rings. The first-order chi connectivity index (χ1) is 39.6. The summed E-state index contributed by atoms with van der Waals surface area (Å²) in [6.45, 7) is 21.2. The van der Waals surface area contributed by atoms with E-state index in [1.807, 2.05) is 86.7 Å². The monoisotopic (exact) mass is 1280 g/mol. The van der Waals surface area contributed by atoms with Crippen molar-refractivity contribution < 1.29 is 39.0 Å². The molecule has 8 rings (SSSR count). The summed E-state index contributed by atoms with van der Waals surface area (Å²) in [5.41, 5.74) is 5.37. The fraction of sp³-hybridized carbons (Fsp3) is 0.500. The smallest absolute Gasteiger partial charge is 0.355 e. The summed E-state index contributed by atoms with van der Waals surface area (Å²) in [5.74, 6) is -0.885. The van der Waals surface area contributed by atoms with E-state index in [1.165, 1.54) is 21.8 Å². The number of unbranched alkanes of at least 4 members (excludes halogenated alkanes) is 1. The number of hydrogen-bond acceptors (Lipinski definition) is 13. The molecular weight excluding hydrogens is 1200 g/mol. The van der Waals surface area contributed by atoms with E-state index in [0.717, 1.165) is 60.2 Å². The molecule has 1 unspecified atom stereocenters. The number of pyridine rings is 1. The minimum Gasteiger partial charge on any atom is -0.476 e. The Kier molecular flexibility index (Phi) is 21.0. The molecule has 3 aromatic heterocycles. The van der Waals surface area contributed by atoms with E-state index in [9.17, 15) is 39.0 Å². The highest BCUT2D eigenvalue weighted by molar-refractivity contribution is 14.2. The van der Waals surface area contributed by atoms with Crippen molar-refractivity contribution in [1.29, 1.82) is 0 Å². The van der Waals surface area contributed by atoms with Crippen molar-refractivity contribution in [2.24, 2.45) is 16.7 Å². The van der Waals surface area contributed by atoms with Crippen molar-refractivity contribution in [2.75, 3.05) is 29.9 Å². The maximum absolute atomic E-state index is 14.2. The summed E-state index contributed by atoms with van der Waals surface area (Å²) in [6.07, 6.45) is 8.84. The number of rotatable bonds is 24. The van der Waals surface area contributed by atoms with Crippen molar-refractivity contribution in [3.63, 3.8) is 0 Å². The number of carbonyl (C=O) groups is 6. The Morgan fingerprint density at radius 3 is 2.36 bits per heavy atom. The molecule has 5 atom stereocenters. The minimum atomic E-state index is -1.17. The topological polar surface area (TPSA) is 241 Å². The van der Waals surface area contributed by atoms with E-state index in [1.54, 1.807) is 27.3 Å². The first-order valence-electron chi connectivity index (χ1n) is 28.9. The molecule has 5 aromatic rings. The van der Waals surface area contributed by atoms with Crippen LogP contribution >= 0.6 is 41.5 Å². The number of carbonyl (C=O) groups excluding carboxylic acids is 5. The Labute approximate surface area is 506 Å². The number of nitrogens with one attached hydrogen (secondary N) is 4. The molecule has 1 aliphatic carbocycles. The SMILES string of the molecule is C=c1nc(NC(=O)c2cccc3c2CN(c2ccc(-c4cnn(CC(CC)(CCC(=O)NCCCCC(=O)N[C@H](C(=O)N5C[C@H](O)C[C@H]5C(=O)N[C@@H](C)c5ccc(CSI)cc5)C(C)(C)C)C5CCCC5)c4C)c(C(=O)O)n2)CC3)sc1=C. The van der Waals surface area contributed by atoms with Crippen molar-refractivity contribution >= 4 is 101 Å². The number of anilines is 2. The number of thiazole rings is 1. The highest BCUT2D eigenvalue weighted by Gasteiger charge is 2.45. The van der Waals surface area contributed by atoms with Gasteiger partial charge in [-0.05, 0) is 137 Å². The second-order valence-electron chi connectivity index (χ2n) is 23.6. The fourth-order valence-corrected chi connectivity index (χ4v) is 14.2. The summed E-state index contributed by atoms with van der Waals surface area (Å²) in [6, 6.07) is 15.2. The zero-order valence-electron chi connectivity index (χ0n) is 48.5. The lowest BCUT2D eigenvalue weighted by Gasteiger charge is -2.39. The molecule has 5 heterocycles. The fourth-order valence-electron chi connectivity index (χ4n) is 12.1. The number of aromatic carboxylic acids is 1. The summed E-state index contributed by atoms with van der Waals surface area (Å²) < 4.78 is 2.64. The molecule has 18 nitrogen and oxygen atoms in total. The Balaban J connectivity index is 0.846. The number of nitrogens with zero attached hydrogens (tertiary/aromatic N) is 6. The van der Waals surface area contributed by atoms with Gasteiger partial charge >= 0.3 is 5.97 Å². The highest BCUT2D eigenvalue weighted by Crippen LogP contribution is 2.47. The number of aliphatic hydroxyl groups is 1. The van der Waals surface area contributed by atoms with Crippen LogP contribution in [0.25, 0.3) is 24.3 Å². The third kappa shape index (κ3) is 15.2. The standard InChI is InChI=1S/C62H79IN10O8S2/c1-9-62(44-16-10-11-17-44,28-26-52(75)64-29-13-12-19-53(76)69-55(61(6,7)8)58(79)72-33-45(74)31-50(72)57(78)66-38(3)42-22-20-41(21-23-42)35-82-63)36-73-39(4)48(32-65-73)46-24-25-51(68-54(46)59(80)81)71-30-27-43-15-14-18-47(49(43)34-71)56(77)70-60-67-37(2)40(5)83-60/h14-15,18,20-25,32,38,44-45,50,55,74H,2,5,9-13,16-17,19,26-31,33-36H2,1,3-4,6-8H3,(H,64,75)(H,66,78)(H,69,76)(H,80,81)(H,67,70,77)/t38-,45+,50-,55+,62?/m0/s1. The molecule has 6 N–H and O–H groups in total. The normalized spacial score (nSPS) is 17.8. The third-order valence-corrected chi connectivity index (χ3v) is 19.3. The third-order valence-electron chi connectivity index (χ3n) is 17.1. The van der Waals surface area contributed by atoms with E-state index in [-0.39, 0.29) is 60.2 Å². The van der Waals surface area contributed by atoms with Crippen LogP contribution in [0.4, 0.5) is 10.9 Å². The zero-order valence-corrected chi connectivity index (χ0v) is 52.3. The second kappa shape index (κ2) is 27.7. The summed E-state index contributed by atoms with van der Waals surface area (Å²) in [5, 5.41) is 39.1. The van der Waals surface area contributed by atoms with Gasteiger partial charge in [0.25, 0.3) is 5.91 Å². The van der Waals surface area contributed by atoms with Gasteiger partial charge in [-0.15, -0.1) is 0 Å². The van der Waals surface area contributed by atoms with Gasteiger partial charge in [-0.25, -0.2) is 14.8 Å². The van der Waals surface area contributed by atoms with Gasteiger partial charge in [-0.2, -0.15) is 5.10 Å². The van der Waals surface area contributed by atoms with Crippen molar-refractivity contribution in [3.8, 4) is 11.1 Å². The van der Waals surface area contributed by atoms with Crippen LogP contribution in [0.2, 0.25) is 0 Å². The van der Waals surface area contributed by atoms with E-state index in [2.05, 4.69) is 67.5 Å². The van der Waals surface area contributed by atoms with Crippen LogP contribution in [0, 0.1) is 23.7 Å². The van der Waals surface area contributed by atoms with Crippen LogP contribution < -0.4 is 36.0 Å². The van der Waals surface area contributed by atoms with Crippen LogP contribution in [-0.2, 0) is 44.4 Å². The molecule has 5 amide bonds. The maximum Gasteiger partial charge on any atom is 0.355 e. The number of amides is 5. The van der Waals surface area contributed by atoms with Crippen LogP contribution in [0.1, 0.15) is 160 Å². The first kappa shape index (κ1) is 62.9. The lowest BCUT2D eigenvalue weighted by atomic mass is 9.69. The molecule has 444 valence electrons. The molecule has 0 radical (unpaired) electrons. The lowest BCUT2D eigenvalue weighted by molar-refractivity contribution is -0.144. The number of aliphatic hydroxyl groups excluding tert-OH is 1. The summed E-state index contributed by atoms with van der Waals surface area (Å²) >= 11 is 3.52. The number of carboxylic acids is 1. The van der Waals surface area contributed by atoms with Gasteiger partial charge in [0.05, 0.1) is 23.7 Å². The number of aromatic nitrogens is 4. The van der Waals surface area contributed by atoms with Gasteiger partial charge in [0.2, 0.25) is 23.6 Å². The average Bonchev–Trinajstić information content (AvgIpc) is 3.95. The molecule has 21 heteroatoms. The van der Waals surface area contributed by atoms with Gasteiger partial charge in [-0.3, -0.25) is 34.0 Å². The number of halogens is 1. The molecule has 0 spiro atoms. The lowest BCUT2D eigenvalue weighted by Crippen LogP contribution is -2.57. The molecule has 2 aromatic carbocycles. The van der Waals surface area contributed by atoms with Crippen molar-refractivity contribution in [3.05, 3.63) is 110 Å². The van der Waals surface area contributed by atoms with Gasteiger partial charge in [0.15, 0.2) is 10.8 Å². The first-order valence-corrected chi connectivity index (χ1v) is 33.2. The van der Waals surface area contributed by atoms with Crippen LogP contribution in [-0.4, -0.2) is 108 Å². The predicted molar refractivity (Wildman–Crippen MR) is 335 cm³/mol. The number of hydrogen-bond donors (Lipinski definition) is 6. The maximum atomic E-state index is 14.2. The Morgan fingerprint density at radius 1 is 0.940 bits per heavy atom. The van der Waals surface area contributed by atoms with Crippen molar-refractivity contribution in [1.82, 2.24) is 40.6 Å². The molecule has 0 bridgehead atoms. The van der Waals surface area contributed by atoms with Gasteiger partial charge < -0.3 is 36.0 Å². The van der Waals surface area contributed by atoms with E-state index in [0.29, 0.717) is 102 Å². The molecule has 83 heavy (non-hydrogen) atoms. The Bertz CT molecular complexity index is 3260. The number of fused-ring (bicyclic) bond motifs is 1. The van der Waals surface area contributed by atoms with Gasteiger partial charge in [0.1, 0.15) is 17.9 Å². The Hall–Kier alpha value is -6.17. The average molecular weight is 1280 g/mol. The second-order valence-corrected chi connectivity index (χ2v) is 27.1. The van der Waals surface area contributed by atoms with Gasteiger partial charge in [0, 0.05) is 84.7 Å². The van der Waals surface area contributed by atoms with Crippen LogP contribution in [0.5, 0.6) is 0 Å². The summed E-state index contributed by atoms with van der Waals surface area (Å²) in [7, 11) is 1.70. The largest absolute Gasteiger partial charge is 0.476 e. The Morgan fingerprint density at radius 2 is 1.69 bits per heavy atom. The number of β-amino-alcohol motifs (C(OH)–C–C–N with tert-alkyl or cyclic N) is 1. The highest BCUT2D eigenvalue weighted by atomic mass is 127. The molecule has 2 aliphatic heterocycles. The number of carboxylic acid groups (broad SMARTS) is 1. The zero-order chi connectivity index (χ0) is 59.8. The van der Waals surface area contributed by atoms with Crippen molar-refractivity contribution in [2.45, 2.75) is 162 Å². The number of benzene rings is 2. The molecule has 2 fully saturated rings. The van der Waals surface area contributed by atoms with Crippen LogP contribution in [0.3, 0.4) is 0 Å². The van der Waals surface area contributed by atoms with E-state index < -0.39 is 35.5 Å². The molecule has 1 saturated carbocycles. The molecule has 1 saturated heterocycles. The van der Waals surface area contributed by atoms with Gasteiger partial charge in [-0.1, -0.05) is 110 Å². The minimum absolute atomic E-state index is 0.0144. The predicted octanol–water partition coefficient (Wildman–Crippen LogP) is 8.65. The number of likely N-dealkylation sites (tertiary alicyclic amines) is 1. The quantitative estimate of drug-likeness (QED) is 0.0251.